The van der Waals surface area contributed by atoms with E-state index < -0.39 is 0 Å². The van der Waals surface area contributed by atoms with Crippen LogP contribution in [-0.4, -0.2) is 76.0 Å². The summed E-state index contributed by atoms with van der Waals surface area (Å²) < 4.78 is 7.41. The molecule has 0 spiro atoms. The Bertz CT molecular complexity index is 1910. The predicted molar refractivity (Wildman–Crippen MR) is 201 cm³/mol. The standard InChI is InChI=1S/C41H48N6O5/c1-4-6-21-44(22-7-5-2)41(51)36-25-29(3)47(43-36)37-19-14-32(26-35(37)40(50)45-24-20-30-11-8-9-12-31(30)27-45)42-38(48)28-52-34-17-15-33(16-18-34)46-23-10-13-39(46)49/h8-9,11-12,14-19,25-26H,4-7,10,13,20-24,27-28H2,1-3H3,(H,42,48). The van der Waals surface area contributed by atoms with E-state index in [1.807, 2.05) is 47.1 Å². The third-order valence-electron chi connectivity index (χ3n) is 9.71. The lowest BCUT2D eigenvalue weighted by Crippen LogP contribution is -2.36. The molecular weight excluding hydrogens is 656 g/mol. The molecule has 1 N–H and O–H groups in total. The molecule has 2 aliphatic heterocycles. The lowest BCUT2D eigenvalue weighted by molar-refractivity contribution is -0.118. The number of aromatic nitrogens is 2. The molecule has 1 saturated heterocycles. The summed E-state index contributed by atoms with van der Waals surface area (Å²) in [5.41, 5.74) is 5.53. The number of anilines is 2. The molecule has 0 radical (unpaired) electrons. The Morgan fingerprint density at radius 2 is 1.62 bits per heavy atom. The number of hydrogen-bond donors (Lipinski definition) is 1. The lowest BCUT2D eigenvalue weighted by atomic mass is 9.99. The van der Waals surface area contributed by atoms with Crippen molar-refractivity contribution in [3.63, 3.8) is 0 Å². The highest BCUT2D eigenvalue weighted by atomic mass is 16.5. The van der Waals surface area contributed by atoms with Gasteiger partial charge in [-0.3, -0.25) is 19.2 Å². The van der Waals surface area contributed by atoms with Crippen LogP contribution in [-0.2, 0) is 22.6 Å². The largest absolute Gasteiger partial charge is 0.484 e. The molecule has 3 heterocycles. The normalized spacial score (nSPS) is 13.9. The predicted octanol–water partition coefficient (Wildman–Crippen LogP) is 6.57. The van der Waals surface area contributed by atoms with Crippen LogP contribution in [0.1, 0.15) is 90.0 Å². The number of hydrogen-bond acceptors (Lipinski definition) is 6. The quantitative estimate of drug-likeness (QED) is 0.159. The van der Waals surface area contributed by atoms with Gasteiger partial charge >= 0.3 is 0 Å². The molecule has 6 rings (SSSR count). The molecule has 52 heavy (non-hydrogen) atoms. The molecule has 11 nitrogen and oxygen atoms in total. The Kier molecular flexibility index (Phi) is 11.7. The Labute approximate surface area is 305 Å². The van der Waals surface area contributed by atoms with Gasteiger partial charge in [0.05, 0.1) is 11.3 Å². The summed E-state index contributed by atoms with van der Waals surface area (Å²) in [6.07, 6.45) is 5.94. The number of aryl methyl sites for hydroxylation is 1. The van der Waals surface area contributed by atoms with E-state index in [9.17, 15) is 19.2 Å². The minimum Gasteiger partial charge on any atom is -0.484 e. The van der Waals surface area contributed by atoms with E-state index in [4.69, 9.17) is 9.84 Å². The first-order chi connectivity index (χ1) is 25.2. The summed E-state index contributed by atoms with van der Waals surface area (Å²) in [6, 6.07) is 22.2. The van der Waals surface area contributed by atoms with Crippen molar-refractivity contribution in [1.82, 2.24) is 19.6 Å². The summed E-state index contributed by atoms with van der Waals surface area (Å²) in [6.45, 7) is 8.91. The molecule has 0 bridgehead atoms. The first kappa shape index (κ1) is 36.3. The van der Waals surface area contributed by atoms with Gasteiger partial charge in [-0.05, 0) is 92.3 Å². The molecule has 0 aliphatic carbocycles. The van der Waals surface area contributed by atoms with E-state index in [2.05, 4.69) is 25.2 Å². The molecular formula is C41H48N6O5. The monoisotopic (exact) mass is 704 g/mol. The van der Waals surface area contributed by atoms with Gasteiger partial charge in [-0.2, -0.15) is 5.10 Å². The summed E-state index contributed by atoms with van der Waals surface area (Å²) in [4.78, 5) is 58.6. The van der Waals surface area contributed by atoms with Crippen LogP contribution in [0, 0.1) is 6.92 Å². The molecule has 4 aromatic rings. The smallest absolute Gasteiger partial charge is 0.274 e. The van der Waals surface area contributed by atoms with Crippen molar-refractivity contribution < 1.29 is 23.9 Å². The number of rotatable bonds is 14. The molecule has 4 amide bonds. The van der Waals surface area contributed by atoms with Gasteiger partial charge in [0, 0.05) is 56.2 Å². The van der Waals surface area contributed by atoms with Gasteiger partial charge in [0.2, 0.25) is 5.91 Å². The van der Waals surface area contributed by atoms with Crippen molar-refractivity contribution in [3.8, 4) is 11.4 Å². The zero-order valence-corrected chi connectivity index (χ0v) is 30.4. The fourth-order valence-electron chi connectivity index (χ4n) is 6.80. The number of nitrogens with zero attached hydrogens (tertiary/aromatic N) is 5. The van der Waals surface area contributed by atoms with Crippen molar-refractivity contribution >= 4 is 35.0 Å². The molecule has 11 heteroatoms. The average molecular weight is 705 g/mol. The van der Waals surface area contributed by atoms with Crippen LogP contribution in [0.5, 0.6) is 5.75 Å². The number of carbonyl (C=O) groups is 4. The van der Waals surface area contributed by atoms with Gasteiger partial charge in [-0.1, -0.05) is 51.0 Å². The highest BCUT2D eigenvalue weighted by Gasteiger charge is 2.27. The number of nitrogens with one attached hydrogen (secondary N) is 1. The maximum absolute atomic E-state index is 14.3. The van der Waals surface area contributed by atoms with Crippen molar-refractivity contribution in [1.29, 1.82) is 0 Å². The fourth-order valence-corrected chi connectivity index (χ4v) is 6.80. The lowest BCUT2D eigenvalue weighted by Gasteiger charge is -2.29. The van der Waals surface area contributed by atoms with Crippen LogP contribution in [0.3, 0.4) is 0 Å². The van der Waals surface area contributed by atoms with Crippen LogP contribution in [0.4, 0.5) is 11.4 Å². The van der Waals surface area contributed by atoms with Crippen LogP contribution >= 0.6 is 0 Å². The molecule has 2 aliphatic rings. The van der Waals surface area contributed by atoms with Crippen molar-refractivity contribution in [2.45, 2.75) is 72.3 Å². The molecule has 1 aromatic heterocycles. The zero-order chi connectivity index (χ0) is 36.6. The Hall–Kier alpha value is -5.45. The summed E-state index contributed by atoms with van der Waals surface area (Å²) in [5, 5.41) is 7.64. The van der Waals surface area contributed by atoms with E-state index in [1.165, 1.54) is 5.56 Å². The highest BCUT2D eigenvalue weighted by molar-refractivity contribution is 6.01. The van der Waals surface area contributed by atoms with Gasteiger partial charge in [0.15, 0.2) is 12.3 Å². The molecule has 272 valence electrons. The highest BCUT2D eigenvalue weighted by Crippen LogP contribution is 2.27. The first-order valence-corrected chi connectivity index (χ1v) is 18.4. The van der Waals surface area contributed by atoms with Crippen LogP contribution in [0.2, 0.25) is 0 Å². The topological polar surface area (TPSA) is 117 Å². The third kappa shape index (κ3) is 8.36. The molecule has 0 atom stereocenters. The number of fused-ring (bicyclic) bond motifs is 1. The number of benzene rings is 3. The third-order valence-corrected chi connectivity index (χ3v) is 9.71. The SMILES string of the molecule is CCCCN(CCCC)C(=O)c1cc(C)n(-c2ccc(NC(=O)COc3ccc(N4CCCC4=O)cc3)cc2C(=O)N2CCc3ccccc3C2)n1. The number of carbonyl (C=O) groups excluding carboxylic acids is 4. The minimum atomic E-state index is -0.390. The van der Waals surface area contributed by atoms with Gasteiger partial charge in [-0.25, -0.2) is 4.68 Å². The van der Waals surface area contributed by atoms with Gasteiger partial charge in [0.25, 0.3) is 17.7 Å². The first-order valence-electron chi connectivity index (χ1n) is 18.4. The number of ether oxygens (including phenoxy) is 1. The average Bonchev–Trinajstić information content (AvgIpc) is 3.78. The summed E-state index contributed by atoms with van der Waals surface area (Å²) in [7, 11) is 0. The maximum Gasteiger partial charge on any atom is 0.274 e. The van der Waals surface area contributed by atoms with Crippen LogP contribution < -0.4 is 15.0 Å². The molecule has 1 fully saturated rings. The maximum atomic E-state index is 14.3. The molecule has 3 aromatic carbocycles. The van der Waals surface area contributed by atoms with E-state index in [0.29, 0.717) is 67.5 Å². The zero-order valence-electron chi connectivity index (χ0n) is 30.4. The summed E-state index contributed by atoms with van der Waals surface area (Å²) in [5.74, 6) is -0.0879. The van der Waals surface area contributed by atoms with Crippen molar-refractivity contribution in [2.75, 3.05) is 43.0 Å². The van der Waals surface area contributed by atoms with Crippen LogP contribution in [0.15, 0.2) is 72.8 Å². The van der Waals surface area contributed by atoms with Gasteiger partial charge < -0.3 is 24.8 Å². The Balaban J connectivity index is 1.23. The molecule has 0 unspecified atom stereocenters. The summed E-state index contributed by atoms with van der Waals surface area (Å²) >= 11 is 0. The van der Waals surface area contributed by atoms with E-state index >= 15 is 0 Å². The fraction of sp³-hybridized carbons (Fsp3) is 0.390. The van der Waals surface area contributed by atoms with E-state index in [-0.39, 0.29) is 30.2 Å². The van der Waals surface area contributed by atoms with E-state index in [1.54, 1.807) is 46.0 Å². The van der Waals surface area contributed by atoms with Crippen molar-refractivity contribution in [3.05, 3.63) is 101 Å². The number of unbranched alkanes of at least 4 members (excludes halogenated alkanes) is 2. The van der Waals surface area contributed by atoms with Crippen LogP contribution in [0.25, 0.3) is 5.69 Å². The number of amides is 4. The minimum absolute atomic E-state index is 0.107. The van der Waals surface area contributed by atoms with E-state index in [0.717, 1.165) is 55.5 Å². The van der Waals surface area contributed by atoms with Gasteiger partial charge in [0.1, 0.15) is 5.75 Å². The Morgan fingerprint density at radius 3 is 2.31 bits per heavy atom. The second-order valence-electron chi connectivity index (χ2n) is 13.5. The Morgan fingerprint density at radius 1 is 0.885 bits per heavy atom. The van der Waals surface area contributed by atoms with Crippen molar-refractivity contribution in [2.24, 2.45) is 0 Å². The molecule has 0 saturated carbocycles. The second-order valence-corrected chi connectivity index (χ2v) is 13.5. The van der Waals surface area contributed by atoms with Gasteiger partial charge in [-0.15, -0.1) is 0 Å². The second kappa shape index (κ2) is 16.7.